The third kappa shape index (κ3) is 2.23. The van der Waals surface area contributed by atoms with E-state index in [2.05, 4.69) is 0 Å². The minimum Gasteiger partial charge on any atom is -0.473 e. The van der Waals surface area contributed by atoms with Gasteiger partial charge in [-0.05, 0) is 0 Å². The maximum atomic E-state index is 10.1. The predicted octanol–water partition coefficient (Wildman–Crippen LogP) is -1.08. The lowest BCUT2D eigenvalue weighted by Gasteiger charge is -1.92. The van der Waals surface area contributed by atoms with Gasteiger partial charge >= 0.3 is 23.3 Å². The second-order valence-corrected chi connectivity index (χ2v) is 1.82. The van der Waals surface area contributed by atoms with Crippen LogP contribution in [0.25, 0.3) is 0 Å². The molecule has 14 heavy (non-hydrogen) atoms. The monoisotopic (exact) mass is 206 g/mol. The Kier molecular flexibility index (Phi) is 3.22. The van der Waals surface area contributed by atoms with Crippen molar-refractivity contribution in [3.8, 4) is 0 Å². The van der Waals surface area contributed by atoms with Crippen molar-refractivity contribution >= 4 is 11.9 Å². The van der Waals surface area contributed by atoms with Crippen molar-refractivity contribution in [1.82, 2.24) is 0 Å². The lowest BCUT2D eigenvalue weighted by atomic mass is 10.3. The molecule has 0 aliphatic carbocycles. The molecule has 0 saturated carbocycles. The molecule has 0 bridgehead atoms. The summed E-state index contributed by atoms with van der Waals surface area (Å²) in [5.41, 5.74) is -3.97. The van der Waals surface area contributed by atoms with Gasteiger partial charge in [0.1, 0.15) is 0 Å². The number of hydrogen-bond acceptors (Lipinski definition) is 6. The Morgan fingerprint density at radius 3 is 1.14 bits per heavy atom. The van der Waals surface area contributed by atoms with Crippen LogP contribution in [0, 0.1) is 20.2 Å². The molecule has 0 rings (SSSR count). The van der Waals surface area contributed by atoms with E-state index < -0.39 is 33.2 Å². The number of carboxylic acids is 2. The van der Waals surface area contributed by atoms with E-state index in [1.807, 2.05) is 0 Å². The van der Waals surface area contributed by atoms with E-state index in [0.717, 1.165) is 0 Å². The first kappa shape index (κ1) is 11.5. The Labute approximate surface area is 74.4 Å². The zero-order valence-corrected chi connectivity index (χ0v) is 6.24. The molecule has 0 aliphatic heterocycles. The van der Waals surface area contributed by atoms with Gasteiger partial charge in [-0.2, -0.15) is 0 Å². The summed E-state index contributed by atoms with van der Waals surface area (Å²) >= 11 is 0. The van der Waals surface area contributed by atoms with Gasteiger partial charge in [0.2, 0.25) is 0 Å². The van der Waals surface area contributed by atoms with E-state index in [1.165, 1.54) is 0 Å². The molecule has 0 unspecified atom stereocenters. The predicted molar refractivity (Wildman–Crippen MR) is 36.3 cm³/mol. The Bertz CT molecular complexity index is 288. The van der Waals surface area contributed by atoms with E-state index in [9.17, 15) is 29.8 Å². The number of aliphatic carboxylic acids is 2. The van der Waals surface area contributed by atoms with E-state index in [4.69, 9.17) is 10.2 Å². The third-order valence-corrected chi connectivity index (χ3v) is 0.995. The van der Waals surface area contributed by atoms with Gasteiger partial charge in [-0.3, -0.25) is 20.2 Å². The van der Waals surface area contributed by atoms with Gasteiger partial charge < -0.3 is 10.2 Å². The number of carboxylic acid groups (broad SMARTS) is 2. The summed E-state index contributed by atoms with van der Waals surface area (Å²) in [5, 5.41) is 36.3. The maximum Gasteiger partial charge on any atom is 0.437 e. The topological polar surface area (TPSA) is 161 Å². The molecule has 0 spiro atoms. The third-order valence-electron chi connectivity index (χ3n) is 0.995. The average molecular weight is 206 g/mol. The Morgan fingerprint density at radius 2 is 1.07 bits per heavy atom. The van der Waals surface area contributed by atoms with E-state index >= 15 is 0 Å². The number of hydrogen-bond donors (Lipinski definition) is 2. The molecule has 10 heteroatoms. The fourth-order valence-electron chi connectivity index (χ4n) is 0.532. The lowest BCUT2D eigenvalue weighted by molar-refractivity contribution is -0.465. The minimum absolute atomic E-state index is 1.64. The Balaban J connectivity index is 5.76. The lowest BCUT2D eigenvalue weighted by Crippen LogP contribution is -2.22. The van der Waals surface area contributed by atoms with Crippen LogP contribution in [0.15, 0.2) is 11.4 Å². The summed E-state index contributed by atoms with van der Waals surface area (Å²) < 4.78 is 0. The molecule has 0 radical (unpaired) electrons. The van der Waals surface area contributed by atoms with E-state index in [0.29, 0.717) is 0 Å². The highest BCUT2D eigenvalue weighted by Crippen LogP contribution is 2.07. The highest BCUT2D eigenvalue weighted by Gasteiger charge is 2.41. The summed E-state index contributed by atoms with van der Waals surface area (Å²) in [7, 11) is 0. The molecule has 2 N–H and O–H groups in total. The first-order chi connectivity index (χ1) is 6.29. The molecule has 0 saturated heterocycles. The normalized spacial score (nSPS) is 11.4. The van der Waals surface area contributed by atoms with Crippen LogP contribution in [-0.2, 0) is 9.59 Å². The van der Waals surface area contributed by atoms with E-state index in [-0.39, 0.29) is 0 Å². The highest BCUT2D eigenvalue weighted by atomic mass is 16.6. The number of carbonyl (C=O) groups is 2. The SMILES string of the molecule is O=C(O)/C(=C(\C(=O)O)[N+](=O)[O-])[N+](=O)[O-]. The van der Waals surface area contributed by atoms with Crippen molar-refractivity contribution in [2.24, 2.45) is 0 Å². The van der Waals surface area contributed by atoms with Gasteiger partial charge in [-0.1, -0.05) is 0 Å². The molecule has 0 aromatic carbocycles. The summed E-state index contributed by atoms with van der Waals surface area (Å²) in [4.78, 5) is 36.9. The van der Waals surface area contributed by atoms with Crippen LogP contribution in [0.5, 0.6) is 0 Å². The van der Waals surface area contributed by atoms with E-state index in [1.54, 1.807) is 0 Å². The van der Waals surface area contributed by atoms with Gasteiger partial charge in [-0.15, -0.1) is 0 Å². The fourth-order valence-corrected chi connectivity index (χ4v) is 0.532. The van der Waals surface area contributed by atoms with Crippen molar-refractivity contribution in [2.75, 3.05) is 0 Å². The van der Waals surface area contributed by atoms with Crippen LogP contribution in [0.3, 0.4) is 0 Å². The molecular formula is C4H2N2O8. The summed E-state index contributed by atoms with van der Waals surface area (Å²) in [6.07, 6.45) is 0. The largest absolute Gasteiger partial charge is 0.473 e. The maximum absolute atomic E-state index is 10.1. The van der Waals surface area contributed by atoms with Crippen LogP contribution in [-0.4, -0.2) is 32.0 Å². The smallest absolute Gasteiger partial charge is 0.437 e. The van der Waals surface area contributed by atoms with Gasteiger partial charge in [0, 0.05) is 0 Å². The molecule has 76 valence electrons. The van der Waals surface area contributed by atoms with Crippen molar-refractivity contribution in [3.63, 3.8) is 0 Å². The van der Waals surface area contributed by atoms with Gasteiger partial charge in [-0.25, -0.2) is 9.59 Å². The zero-order valence-electron chi connectivity index (χ0n) is 6.24. The first-order valence-electron chi connectivity index (χ1n) is 2.78. The summed E-state index contributed by atoms with van der Waals surface area (Å²) in [6.45, 7) is 0. The summed E-state index contributed by atoms with van der Waals surface area (Å²) in [5.74, 6) is -4.58. The first-order valence-corrected chi connectivity index (χ1v) is 2.78. The zero-order chi connectivity index (χ0) is 11.5. The average Bonchev–Trinajstić information content (AvgIpc) is 1.96. The molecular weight excluding hydrogens is 204 g/mol. The van der Waals surface area contributed by atoms with Crippen LogP contribution in [0.1, 0.15) is 0 Å². The van der Waals surface area contributed by atoms with Gasteiger partial charge in [0.05, 0.1) is 9.85 Å². The number of rotatable bonds is 4. The van der Waals surface area contributed by atoms with Crippen LogP contribution >= 0.6 is 0 Å². The van der Waals surface area contributed by atoms with Crippen LogP contribution in [0.2, 0.25) is 0 Å². The van der Waals surface area contributed by atoms with Crippen LogP contribution in [0.4, 0.5) is 0 Å². The fraction of sp³-hybridized carbons (Fsp3) is 0. The molecule has 0 aromatic rings. The molecule has 0 fully saturated rings. The molecule has 0 amide bonds. The van der Waals surface area contributed by atoms with Crippen molar-refractivity contribution < 1.29 is 29.6 Å². The number of nitrogens with zero attached hydrogens (tertiary/aromatic N) is 2. The number of nitro groups is 2. The second-order valence-electron chi connectivity index (χ2n) is 1.82. The van der Waals surface area contributed by atoms with Crippen LogP contribution < -0.4 is 0 Å². The standard InChI is InChI=1S/C4H2N2O8/c7-3(8)1(5(11)12)2(4(9)10)6(13)14/h(H,7,8)(H,9,10)/b2-1-. The Hall–Kier alpha value is -2.52. The molecule has 10 nitrogen and oxygen atoms in total. The Morgan fingerprint density at radius 1 is 0.857 bits per heavy atom. The minimum atomic E-state index is -2.29. The molecule has 0 atom stereocenters. The summed E-state index contributed by atoms with van der Waals surface area (Å²) in [6, 6.07) is 0. The molecule has 0 aromatic heterocycles. The van der Waals surface area contributed by atoms with Crippen molar-refractivity contribution in [3.05, 3.63) is 31.6 Å². The quantitative estimate of drug-likeness (QED) is 0.333. The molecule has 0 heterocycles. The van der Waals surface area contributed by atoms with Gasteiger partial charge in [0.25, 0.3) is 0 Å². The van der Waals surface area contributed by atoms with Crippen molar-refractivity contribution in [1.29, 1.82) is 0 Å². The second kappa shape index (κ2) is 3.93. The highest BCUT2D eigenvalue weighted by molar-refractivity contribution is 5.95. The molecule has 0 aliphatic rings. The van der Waals surface area contributed by atoms with Crippen molar-refractivity contribution in [2.45, 2.75) is 0 Å². The van der Waals surface area contributed by atoms with Gasteiger partial charge in [0.15, 0.2) is 0 Å².